The number of carbonyl (C=O) groups is 1. The quantitative estimate of drug-likeness (QED) is 0.546. The Morgan fingerprint density at radius 1 is 0.794 bits per heavy atom. The monoisotopic (exact) mass is 478 g/mol. The molecule has 178 valence electrons. The first kappa shape index (κ1) is 22.8. The average molecular weight is 479 g/mol. The summed E-state index contributed by atoms with van der Waals surface area (Å²) < 4.78 is 29.5. The Labute approximate surface area is 201 Å². The van der Waals surface area contributed by atoms with Crippen molar-refractivity contribution < 1.29 is 13.2 Å². The summed E-state index contributed by atoms with van der Waals surface area (Å²) >= 11 is 0. The number of amides is 1. The van der Waals surface area contributed by atoms with Crippen LogP contribution in [0.1, 0.15) is 22.9 Å². The van der Waals surface area contributed by atoms with Crippen LogP contribution in [0.5, 0.6) is 0 Å². The van der Waals surface area contributed by atoms with Crippen LogP contribution in [-0.4, -0.2) is 72.3 Å². The van der Waals surface area contributed by atoms with Gasteiger partial charge < -0.3 is 9.47 Å². The van der Waals surface area contributed by atoms with Crippen LogP contribution in [0.3, 0.4) is 0 Å². The van der Waals surface area contributed by atoms with E-state index in [-0.39, 0.29) is 17.7 Å². The van der Waals surface area contributed by atoms with Crippen LogP contribution < -0.4 is 0 Å². The summed E-state index contributed by atoms with van der Waals surface area (Å²) in [6.07, 6.45) is 2.10. The molecular weight excluding hydrogens is 448 g/mol. The molecule has 0 bridgehead atoms. The molecular formula is C26H30N4O3S. The van der Waals surface area contributed by atoms with Crippen LogP contribution in [0.4, 0.5) is 0 Å². The van der Waals surface area contributed by atoms with Crippen LogP contribution in [0.2, 0.25) is 0 Å². The Bertz CT molecular complexity index is 1220. The van der Waals surface area contributed by atoms with Crippen LogP contribution in [-0.2, 0) is 27.1 Å². The molecule has 2 aliphatic heterocycles. The van der Waals surface area contributed by atoms with E-state index in [0.29, 0.717) is 32.7 Å². The minimum atomic E-state index is -3.40. The van der Waals surface area contributed by atoms with Gasteiger partial charge in [0.1, 0.15) is 0 Å². The summed E-state index contributed by atoms with van der Waals surface area (Å²) in [6, 6.07) is 23.8. The van der Waals surface area contributed by atoms with Gasteiger partial charge in [0, 0.05) is 51.2 Å². The predicted octanol–water partition coefficient (Wildman–Crippen LogP) is 2.57. The smallest absolute Gasteiger partial charge is 0.236 e. The molecule has 1 atom stereocenters. The summed E-state index contributed by atoms with van der Waals surface area (Å²) in [5, 5.41) is 0. The zero-order valence-corrected chi connectivity index (χ0v) is 20.0. The van der Waals surface area contributed by atoms with Gasteiger partial charge in [0.05, 0.1) is 18.3 Å². The number of piperazine rings is 1. The number of hydrogen-bond donors (Lipinski definition) is 0. The molecule has 8 heteroatoms. The van der Waals surface area contributed by atoms with Gasteiger partial charge in [-0.3, -0.25) is 9.69 Å². The summed E-state index contributed by atoms with van der Waals surface area (Å²) in [5.74, 6) is 0.0505. The Morgan fingerprint density at radius 2 is 1.47 bits per heavy atom. The van der Waals surface area contributed by atoms with Crippen molar-refractivity contribution in [1.29, 1.82) is 0 Å². The van der Waals surface area contributed by atoms with Crippen molar-refractivity contribution in [3.05, 3.63) is 95.8 Å². The molecule has 34 heavy (non-hydrogen) atoms. The molecule has 0 saturated carbocycles. The molecule has 0 N–H and O–H groups in total. The number of sulfonamides is 1. The number of nitrogens with zero attached hydrogens (tertiary/aromatic N) is 4. The molecule has 0 radical (unpaired) electrons. The van der Waals surface area contributed by atoms with E-state index < -0.39 is 10.0 Å². The number of carbonyl (C=O) groups excluding carboxylic acids is 1. The second kappa shape index (κ2) is 9.74. The van der Waals surface area contributed by atoms with Gasteiger partial charge in [-0.05, 0) is 23.3 Å². The van der Waals surface area contributed by atoms with Crippen molar-refractivity contribution in [2.75, 3.05) is 39.3 Å². The summed E-state index contributed by atoms with van der Waals surface area (Å²) in [4.78, 5) is 17.3. The van der Waals surface area contributed by atoms with Crippen molar-refractivity contribution in [3.63, 3.8) is 0 Å². The third-order valence-corrected chi connectivity index (χ3v) is 8.62. The van der Waals surface area contributed by atoms with Gasteiger partial charge in [0.2, 0.25) is 15.9 Å². The number of hydrogen-bond acceptors (Lipinski definition) is 4. The maximum Gasteiger partial charge on any atom is 0.236 e. The van der Waals surface area contributed by atoms with Crippen LogP contribution in [0.15, 0.2) is 79.0 Å². The molecule has 3 heterocycles. The third-order valence-electron chi connectivity index (χ3n) is 6.77. The largest absolute Gasteiger partial charge is 0.348 e. The number of benzene rings is 2. The second-order valence-corrected chi connectivity index (χ2v) is 10.9. The molecule has 1 unspecified atom stereocenters. The highest BCUT2D eigenvalue weighted by molar-refractivity contribution is 7.88. The second-order valence-electron chi connectivity index (χ2n) is 8.93. The Hall–Kier alpha value is -2.94. The maximum absolute atomic E-state index is 13.3. The lowest BCUT2D eigenvalue weighted by Gasteiger charge is -2.39. The lowest BCUT2D eigenvalue weighted by atomic mass is 10.00. The van der Waals surface area contributed by atoms with Crippen LogP contribution >= 0.6 is 0 Å². The molecule has 3 aromatic rings. The highest BCUT2D eigenvalue weighted by Crippen LogP contribution is 2.32. The molecule has 5 rings (SSSR count). The Balaban J connectivity index is 1.23. The van der Waals surface area contributed by atoms with Crippen molar-refractivity contribution >= 4 is 15.9 Å². The Morgan fingerprint density at radius 3 is 2.18 bits per heavy atom. The van der Waals surface area contributed by atoms with E-state index in [1.54, 1.807) is 0 Å². The summed E-state index contributed by atoms with van der Waals surface area (Å²) in [6.45, 7) is 3.49. The summed E-state index contributed by atoms with van der Waals surface area (Å²) in [7, 11) is -3.40. The third kappa shape index (κ3) is 4.80. The molecule has 1 fully saturated rings. The zero-order chi connectivity index (χ0) is 23.5. The molecule has 2 aliphatic rings. The van der Waals surface area contributed by atoms with Gasteiger partial charge in [-0.15, -0.1) is 0 Å². The standard InChI is InChI=1S/C26H30N4O3S/c31-25(28-16-18-30(19-17-28)34(32,33)21-22-8-3-1-4-9-22)20-29-15-14-27-13-7-12-24(27)26(29)23-10-5-2-6-11-23/h1-13,26H,14-21H2. The van der Waals surface area contributed by atoms with Gasteiger partial charge >= 0.3 is 0 Å². The fraction of sp³-hybridized carbons (Fsp3) is 0.346. The fourth-order valence-electron chi connectivity index (χ4n) is 4.98. The minimum absolute atomic E-state index is 0.00599. The molecule has 7 nitrogen and oxygen atoms in total. The zero-order valence-electron chi connectivity index (χ0n) is 19.2. The number of fused-ring (bicyclic) bond motifs is 1. The van der Waals surface area contributed by atoms with E-state index in [4.69, 9.17) is 0 Å². The van der Waals surface area contributed by atoms with Crippen molar-refractivity contribution in [3.8, 4) is 0 Å². The van der Waals surface area contributed by atoms with Gasteiger partial charge in [-0.1, -0.05) is 60.7 Å². The molecule has 1 aromatic heterocycles. The van der Waals surface area contributed by atoms with Crippen molar-refractivity contribution in [1.82, 2.24) is 18.7 Å². The molecule has 1 amide bonds. The topological polar surface area (TPSA) is 65.9 Å². The van der Waals surface area contributed by atoms with E-state index >= 15 is 0 Å². The average Bonchev–Trinajstić information content (AvgIpc) is 3.34. The van der Waals surface area contributed by atoms with Gasteiger partial charge in [-0.25, -0.2) is 8.42 Å². The maximum atomic E-state index is 13.3. The molecule has 2 aromatic carbocycles. The first-order valence-electron chi connectivity index (χ1n) is 11.7. The van der Waals surface area contributed by atoms with Crippen LogP contribution in [0, 0.1) is 0 Å². The first-order chi connectivity index (χ1) is 16.5. The highest BCUT2D eigenvalue weighted by atomic mass is 32.2. The molecule has 0 aliphatic carbocycles. The lowest BCUT2D eigenvalue weighted by Crippen LogP contribution is -2.53. The van der Waals surface area contributed by atoms with E-state index in [2.05, 4.69) is 39.9 Å². The van der Waals surface area contributed by atoms with Crippen LogP contribution in [0.25, 0.3) is 0 Å². The number of aromatic nitrogens is 1. The number of rotatable bonds is 6. The molecule has 1 saturated heterocycles. The Kier molecular flexibility index (Phi) is 6.54. The van der Waals surface area contributed by atoms with E-state index in [0.717, 1.165) is 18.7 Å². The van der Waals surface area contributed by atoms with Crippen molar-refractivity contribution in [2.45, 2.75) is 18.3 Å². The van der Waals surface area contributed by atoms with Crippen molar-refractivity contribution in [2.24, 2.45) is 0 Å². The van der Waals surface area contributed by atoms with E-state index in [9.17, 15) is 13.2 Å². The minimum Gasteiger partial charge on any atom is -0.348 e. The fourth-order valence-corrected chi connectivity index (χ4v) is 6.50. The van der Waals surface area contributed by atoms with Gasteiger partial charge in [0.15, 0.2) is 0 Å². The van der Waals surface area contributed by atoms with Gasteiger partial charge in [0.25, 0.3) is 0 Å². The normalized spacial score (nSPS) is 19.6. The first-order valence-corrected chi connectivity index (χ1v) is 13.4. The van der Waals surface area contributed by atoms with E-state index in [1.165, 1.54) is 15.6 Å². The van der Waals surface area contributed by atoms with Gasteiger partial charge in [-0.2, -0.15) is 4.31 Å². The predicted molar refractivity (Wildman–Crippen MR) is 132 cm³/mol. The highest BCUT2D eigenvalue weighted by Gasteiger charge is 2.33. The van der Waals surface area contributed by atoms with E-state index in [1.807, 2.05) is 53.4 Å². The summed E-state index contributed by atoms with van der Waals surface area (Å²) in [5.41, 5.74) is 3.15. The lowest BCUT2D eigenvalue weighted by molar-refractivity contribution is -0.134. The molecule has 0 spiro atoms. The SMILES string of the molecule is O=C(CN1CCn2cccc2C1c1ccccc1)N1CCN(S(=O)(=O)Cc2ccccc2)CC1.